The molecule has 0 saturated carbocycles. The number of hydrogen-bond donors (Lipinski definition) is 1. The number of carbonyl (C=O) groups is 1. The number of nitriles is 1. The number of rotatable bonds is 8. The van der Waals surface area contributed by atoms with Crippen molar-refractivity contribution < 1.29 is 19.0 Å². The normalized spacial score (nSPS) is 10.1. The summed E-state index contributed by atoms with van der Waals surface area (Å²) in [5.41, 5.74) is 1.46. The van der Waals surface area contributed by atoms with Gasteiger partial charge in [0.05, 0.1) is 20.3 Å². The lowest BCUT2D eigenvalue weighted by Gasteiger charge is -2.13. The summed E-state index contributed by atoms with van der Waals surface area (Å²) in [7, 11) is 1.53. The van der Waals surface area contributed by atoms with Gasteiger partial charge in [-0.15, -0.1) is 0 Å². The van der Waals surface area contributed by atoms with Crippen LogP contribution in [0.1, 0.15) is 31.0 Å². The molecule has 0 amide bonds. The molecular formula is C20H22N2O5. The number of carbonyl (C=O) groups excluding carboxylic acids is 1. The van der Waals surface area contributed by atoms with Gasteiger partial charge in [-0.2, -0.15) is 5.26 Å². The van der Waals surface area contributed by atoms with Gasteiger partial charge in [0.25, 0.3) is 5.56 Å². The molecule has 0 saturated heterocycles. The van der Waals surface area contributed by atoms with Crippen LogP contribution in [-0.2, 0) is 9.53 Å². The van der Waals surface area contributed by atoms with Crippen LogP contribution in [0.3, 0.4) is 0 Å². The van der Waals surface area contributed by atoms with Crippen LogP contribution in [0.2, 0.25) is 0 Å². The molecule has 2 aromatic rings. The summed E-state index contributed by atoms with van der Waals surface area (Å²) >= 11 is 0. The molecule has 7 heteroatoms. The topological polar surface area (TPSA) is 101 Å². The van der Waals surface area contributed by atoms with Gasteiger partial charge in [0.1, 0.15) is 11.6 Å². The van der Waals surface area contributed by atoms with E-state index in [1.165, 1.54) is 7.11 Å². The first kappa shape index (κ1) is 20.0. The standard InChI is InChI=1S/C20H22N2O5/c1-4-26-19(23)6-5-9-27-18-11-14(7-8-17(18)25-3)15-10-13(2)22-20(24)16(15)12-21/h7-8,10-11H,4-6,9H2,1-3H3,(H,22,24). The molecule has 1 aromatic heterocycles. The number of aromatic amines is 1. The SMILES string of the molecule is CCOC(=O)CCCOc1cc(-c2cc(C)[nH]c(=O)c2C#N)ccc1OC. The van der Waals surface area contributed by atoms with Gasteiger partial charge in [-0.3, -0.25) is 9.59 Å². The monoisotopic (exact) mass is 370 g/mol. The summed E-state index contributed by atoms with van der Waals surface area (Å²) in [4.78, 5) is 26.0. The molecule has 1 heterocycles. The van der Waals surface area contributed by atoms with E-state index in [2.05, 4.69) is 4.98 Å². The summed E-state index contributed by atoms with van der Waals surface area (Å²) < 4.78 is 15.9. The Morgan fingerprint density at radius 1 is 1.26 bits per heavy atom. The fourth-order valence-electron chi connectivity index (χ4n) is 2.62. The first-order valence-corrected chi connectivity index (χ1v) is 8.61. The molecule has 27 heavy (non-hydrogen) atoms. The van der Waals surface area contributed by atoms with Crippen molar-refractivity contribution in [2.45, 2.75) is 26.7 Å². The predicted octanol–water partition coefficient (Wildman–Crippen LogP) is 2.95. The molecule has 2 rings (SSSR count). The van der Waals surface area contributed by atoms with Gasteiger partial charge in [0.2, 0.25) is 0 Å². The zero-order chi connectivity index (χ0) is 19.8. The van der Waals surface area contributed by atoms with Crippen LogP contribution in [0.15, 0.2) is 29.1 Å². The maximum Gasteiger partial charge on any atom is 0.305 e. The van der Waals surface area contributed by atoms with E-state index in [0.717, 1.165) is 0 Å². The molecule has 0 aliphatic carbocycles. The Bertz CT molecular complexity index is 912. The number of methoxy groups -OCH3 is 1. The lowest BCUT2D eigenvalue weighted by molar-refractivity contribution is -0.143. The van der Waals surface area contributed by atoms with E-state index in [9.17, 15) is 14.9 Å². The van der Waals surface area contributed by atoms with Crippen LogP contribution >= 0.6 is 0 Å². The van der Waals surface area contributed by atoms with Gasteiger partial charge < -0.3 is 19.2 Å². The Morgan fingerprint density at radius 3 is 2.70 bits per heavy atom. The molecule has 1 N–H and O–H groups in total. The summed E-state index contributed by atoms with van der Waals surface area (Å²) in [6.45, 7) is 4.17. The second-order valence-electron chi connectivity index (χ2n) is 5.80. The van der Waals surface area contributed by atoms with Crippen LogP contribution in [0.5, 0.6) is 11.5 Å². The number of aromatic nitrogens is 1. The number of esters is 1. The smallest absolute Gasteiger partial charge is 0.305 e. The molecule has 0 aliphatic rings. The second kappa shape index (κ2) is 9.43. The average molecular weight is 370 g/mol. The fourth-order valence-corrected chi connectivity index (χ4v) is 2.62. The van der Waals surface area contributed by atoms with Gasteiger partial charge in [0, 0.05) is 17.7 Å². The number of benzene rings is 1. The molecule has 0 radical (unpaired) electrons. The van der Waals surface area contributed by atoms with Crippen molar-refractivity contribution in [2.24, 2.45) is 0 Å². The lowest BCUT2D eigenvalue weighted by atomic mass is 10.0. The van der Waals surface area contributed by atoms with Gasteiger partial charge in [0.15, 0.2) is 11.5 Å². The third-order valence-corrected chi connectivity index (χ3v) is 3.84. The Labute approximate surface area is 157 Å². The van der Waals surface area contributed by atoms with Crippen molar-refractivity contribution in [3.63, 3.8) is 0 Å². The molecule has 0 atom stereocenters. The molecule has 0 spiro atoms. The Hall–Kier alpha value is -3.27. The van der Waals surface area contributed by atoms with Gasteiger partial charge >= 0.3 is 5.97 Å². The Morgan fingerprint density at radius 2 is 2.04 bits per heavy atom. The summed E-state index contributed by atoms with van der Waals surface area (Å²) in [5, 5.41) is 9.32. The van der Waals surface area contributed by atoms with E-state index in [1.807, 2.05) is 6.07 Å². The molecule has 0 fully saturated rings. The number of aryl methyl sites for hydroxylation is 1. The van der Waals surface area contributed by atoms with Crippen LogP contribution in [-0.4, -0.2) is 31.3 Å². The van der Waals surface area contributed by atoms with E-state index in [4.69, 9.17) is 14.2 Å². The number of hydrogen-bond acceptors (Lipinski definition) is 6. The molecule has 142 valence electrons. The molecule has 7 nitrogen and oxygen atoms in total. The van der Waals surface area contributed by atoms with Gasteiger partial charge in [-0.25, -0.2) is 0 Å². The summed E-state index contributed by atoms with van der Waals surface area (Å²) in [5.74, 6) is 0.732. The Balaban J connectivity index is 2.25. The van der Waals surface area contributed by atoms with Crippen molar-refractivity contribution in [2.75, 3.05) is 20.3 Å². The number of ether oxygens (including phenoxy) is 3. The minimum absolute atomic E-state index is 0.0408. The minimum atomic E-state index is -0.430. The van der Waals surface area contributed by atoms with Crippen LogP contribution in [0, 0.1) is 18.3 Å². The van der Waals surface area contributed by atoms with E-state index < -0.39 is 5.56 Å². The Kier molecular flexibility index (Phi) is 7.00. The number of nitrogens with zero attached hydrogens (tertiary/aromatic N) is 1. The molecule has 0 unspecified atom stereocenters. The zero-order valence-corrected chi connectivity index (χ0v) is 15.6. The second-order valence-corrected chi connectivity index (χ2v) is 5.80. The van der Waals surface area contributed by atoms with Crippen molar-refractivity contribution in [1.82, 2.24) is 4.98 Å². The highest BCUT2D eigenvalue weighted by Crippen LogP contribution is 2.33. The number of nitrogens with one attached hydrogen (secondary N) is 1. The minimum Gasteiger partial charge on any atom is -0.493 e. The number of pyridine rings is 1. The highest BCUT2D eigenvalue weighted by Gasteiger charge is 2.13. The largest absolute Gasteiger partial charge is 0.493 e. The van der Waals surface area contributed by atoms with Crippen LogP contribution in [0.4, 0.5) is 0 Å². The highest BCUT2D eigenvalue weighted by atomic mass is 16.5. The summed E-state index contributed by atoms with van der Waals surface area (Å²) in [6, 6.07) is 8.89. The molecule has 1 aromatic carbocycles. The first-order chi connectivity index (χ1) is 13.0. The quantitative estimate of drug-likeness (QED) is 0.566. The van der Waals surface area contributed by atoms with E-state index >= 15 is 0 Å². The molecule has 0 bridgehead atoms. The predicted molar refractivity (Wildman–Crippen MR) is 99.9 cm³/mol. The first-order valence-electron chi connectivity index (χ1n) is 8.61. The third-order valence-electron chi connectivity index (χ3n) is 3.84. The van der Waals surface area contributed by atoms with Gasteiger partial charge in [-0.1, -0.05) is 6.07 Å². The van der Waals surface area contributed by atoms with Crippen molar-refractivity contribution >= 4 is 5.97 Å². The highest BCUT2D eigenvalue weighted by molar-refractivity contribution is 5.72. The van der Waals surface area contributed by atoms with E-state index in [0.29, 0.717) is 48.0 Å². The van der Waals surface area contributed by atoms with Crippen molar-refractivity contribution in [1.29, 1.82) is 5.26 Å². The third kappa shape index (κ3) is 5.11. The maximum atomic E-state index is 12.0. The lowest BCUT2D eigenvalue weighted by Crippen LogP contribution is -2.12. The average Bonchev–Trinajstić information content (AvgIpc) is 2.64. The van der Waals surface area contributed by atoms with E-state index in [-0.39, 0.29) is 18.0 Å². The van der Waals surface area contributed by atoms with E-state index in [1.54, 1.807) is 38.1 Å². The molecular weight excluding hydrogens is 348 g/mol. The van der Waals surface area contributed by atoms with Crippen molar-refractivity contribution in [3.05, 3.63) is 45.9 Å². The molecule has 0 aliphatic heterocycles. The summed E-state index contributed by atoms with van der Waals surface area (Å²) in [6.07, 6.45) is 0.765. The maximum absolute atomic E-state index is 12.0. The number of H-pyrrole nitrogens is 1. The zero-order valence-electron chi connectivity index (χ0n) is 15.6. The fraction of sp³-hybridized carbons (Fsp3) is 0.350. The van der Waals surface area contributed by atoms with Crippen molar-refractivity contribution in [3.8, 4) is 28.7 Å². The van der Waals surface area contributed by atoms with Crippen LogP contribution < -0.4 is 15.0 Å². The van der Waals surface area contributed by atoms with Crippen LogP contribution in [0.25, 0.3) is 11.1 Å². The van der Waals surface area contributed by atoms with Gasteiger partial charge in [-0.05, 0) is 44.0 Å².